The monoisotopic (exact) mass is 346 g/mol. The van der Waals surface area contributed by atoms with Crippen LogP contribution in [0.2, 0.25) is 0 Å². The van der Waals surface area contributed by atoms with E-state index in [1.807, 2.05) is 24.3 Å². The molecule has 132 valence electrons. The molecule has 1 fully saturated rings. The van der Waals surface area contributed by atoms with E-state index in [4.69, 9.17) is 9.47 Å². The highest BCUT2D eigenvalue weighted by Gasteiger charge is 2.28. The first-order chi connectivity index (χ1) is 12.1. The summed E-state index contributed by atoms with van der Waals surface area (Å²) in [4.78, 5) is 21.4. The zero-order valence-corrected chi connectivity index (χ0v) is 13.8. The Morgan fingerprint density at radius 1 is 1.32 bits per heavy atom. The number of likely N-dealkylation sites (tertiary alicyclic amines) is 1. The van der Waals surface area contributed by atoms with Gasteiger partial charge in [-0.25, -0.2) is 19.2 Å². The Morgan fingerprint density at radius 2 is 2.04 bits per heavy atom. The van der Waals surface area contributed by atoms with E-state index < -0.39 is 5.82 Å². The zero-order valence-electron chi connectivity index (χ0n) is 13.8. The Bertz CT molecular complexity index is 709. The van der Waals surface area contributed by atoms with Crippen molar-refractivity contribution in [3.63, 3.8) is 0 Å². The zero-order chi connectivity index (χ0) is 17.6. The average Bonchev–Trinajstić information content (AvgIpc) is 3.10. The predicted molar refractivity (Wildman–Crippen MR) is 87.8 cm³/mol. The van der Waals surface area contributed by atoms with Crippen LogP contribution in [0.3, 0.4) is 0 Å². The lowest BCUT2D eigenvalue weighted by molar-refractivity contribution is 0.177. The highest BCUT2D eigenvalue weighted by molar-refractivity contribution is 5.74. The maximum absolute atomic E-state index is 12.8. The smallest absolute Gasteiger partial charge is 0.317 e. The van der Waals surface area contributed by atoms with E-state index in [1.165, 1.54) is 0 Å². The number of methoxy groups -OCH3 is 1. The predicted octanol–water partition coefficient (Wildman–Crippen LogP) is 1.99. The summed E-state index contributed by atoms with van der Waals surface area (Å²) in [6.45, 7) is 1.46. The second-order valence-electron chi connectivity index (χ2n) is 5.67. The molecule has 1 atom stereocenters. The molecule has 1 N–H and O–H groups in total. The van der Waals surface area contributed by atoms with E-state index in [1.54, 1.807) is 12.0 Å². The Kier molecular flexibility index (Phi) is 5.27. The molecule has 1 aromatic carbocycles. The van der Waals surface area contributed by atoms with Crippen molar-refractivity contribution >= 4 is 6.03 Å². The largest absolute Gasteiger partial charge is 0.497 e. The van der Waals surface area contributed by atoms with Crippen LogP contribution in [0.25, 0.3) is 0 Å². The minimum absolute atomic E-state index is 0.117. The number of benzene rings is 1. The third-order valence-corrected chi connectivity index (χ3v) is 3.90. The van der Waals surface area contributed by atoms with Crippen molar-refractivity contribution in [1.82, 2.24) is 20.2 Å². The number of halogens is 1. The molecular formula is C17H19FN4O3. The van der Waals surface area contributed by atoms with Crippen LogP contribution in [0.5, 0.6) is 11.8 Å². The van der Waals surface area contributed by atoms with E-state index in [2.05, 4.69) is 15.3 Å². The number of carbonyl (C=O) groups is 1. The molecule has 1 saturated heterocycles. The molecule has 2 aromatic rings. The van der Waals surface area contributed by atoms with Crippen LogP contribution in [0, 0.1) is 5.82 Å². The van der Waals surface area contributed by atoms with Crippen molar-refractivity contribution < 1.29 is 18.7 Å². The van der Waals surface area contributed by atoms with Crippen molar-refractivity contribution in [1.29, 1.82) is 0 Å². The molecular weight excluding hydrogens is 327 g/mol. The number of carbonyl (C=O) groups excluding carboxylic acids is 1. The van der Waals surface area contributed by atoms with Gasteiger partial charge in [0.05, 0.1) is 26.0 Å². The third-order valence-electron chi connectivity index (χ3n) is 3.90. The van der Waals surface area contributed by atoms with Gasteiger partial charge in [-0.1, -0.05) is 12.1 Å². The topological polar surface area (TPSA) is 76.6 Å². The summed E-state index contributed by atoms with van der Waals surface area (Å²) >= 11 is 0. The van der Waals surface area contributed by atoms with E-state index in [-0.39, 0.29) is 18.1 Å². The number of ether oxygens (including phenoxy) is 2. The third kappa shape index (κ3) is 4.56. The number of hydrogen-bond acceptors (Lipinski definition) is 5. The highest BCUT2D eigenvalue weighted by Crippen LogP contribution is 2.15. The van der Waals surface area contributed by atoms with Crippen LogP contribution >= 0.6 is 0 Å². The SMILES string of the molecule is COc1ccc(CNC(=O)N2CC[C@H](Oc3ncc(F)cn3)C2)cc1. The number of nitrogens with zero attached hydrogens (tertiary/aromatic N) is 3. The Hall–Kier alpha value is -2.90. The molecule has 0 radical (unpaired) electrons. The fourth-order valence-corrected chi connectivity index (χ4v) is 2.55. The minimum atomic E-state index is -0.515. The van der Waals surface area contributed by atoms with Crippen LogP contribution in [0.1, 0.15) is 12.0 Å². The molecule has 2 heterocycles. The van der Waals surface area contributed by atoms with Crippen LogP contribution in [0.4, 0.5) is 9.18 Å². The van der Waals surface area contributed by atoms with Gasteiger partial charge in [0.1, 0.15) is 11.9 Å². The summed E-state index contributed by atoms with van der Waals surface area (Å²) in [7, 11) is 1.61. The summed E-state index contributed by atoms with van der Waals surface area (Å²) in [5.74, 6) is 0.260. The Balaban J connectivity index is 1.46. The minimum Gasteiger partial charge on any atom is -0.497 e. The fourth-order valence-electron chi connectivity index (χ4n) is 2.55. The van der Waals surface area contributed by atoms with Crippen molar-refractivity contribution in [3.05, 3.63) is 48.0 Å². The summed E-state index contributed by atoms with van der Waals surface area (Å²) in [5, 5.41) is 2.88. The lowest BCUT2D eigenvalue weighted by atomic mass is 10.2. The van der Waals surface area contributed by atoms with Gasteiger partial charge in [-0.3, -0.25) is 0 Å². The molecule has 1 aromatic heterocycles. The molecule has 0 spiro atoms. The van der Waals surface area contributed by atoms with Crippen LogP contribution in [-0.2, 0) is 6.54 Å². The molecule has 1 aliphatic rings. The highest BCUT2D eigenvalue weighted by atomic mass is 19.1. The second-order valence-corrected chi connectivity index (χ2v) is 5.67. The van der Waals surface area contributed by atoms with E-state index >= 15 is 0 Å². The number of amides is 2. The van der Waals surface area contributed by atoms with Crippen molar-refractivity contribution in [2.45, 2.75) is 19.1 Å². The first-order valence-corrected chi connectivity index (χ1v) is 7.94. The number of rotatable bonds is 5. The van der Waals surface area contributed by atoms with Gasteiger partial charge < -0.3 is 19.7 Å². The van der Waals surface area contributed by atoms with E-state index in [0.717, 1.165) is 23.7 Å². The molecule has 2 amide bonds. The van der Waals surface area contributed by atoms with Crippen LogP contribution < -0.4 is 14.8 Å². The van der Waals surface area contributed by atoms with Crippen molar-refractivity contribution in [2.24, 2.45) is 0 Å². The number of urea groups is 1. The number of nitrogens with one attached hydrogen (secondary N) is 1. The summed E-state index contributed by atoms with van der Waals surface area (Å²) in [6, 6.07) is 7.48. The van der Waals surface area contributed by atoms with E-state index in [9.17, 15) is 9.18 Å². The molecule has 1 aliphatic heterocycles. The summed E-state index contributed by atoms with van der Waals surface area (Å²) in [6.07, 6.45) is 2.58. The molecule has 25 heavy (non-hydrogen) atoms. The van der Waals surface area contributed by atoms with Gasteiger partial charge in [-0.15, -0.1) is 0 Å². The molecule has 0 bridgehead atoms. The van der Waals surface area contributed by atoms with Crippen molar-refractivity contribution in [3.8, 4) is 11.8 Å². The molecule has 0 aliphatic carbocycles. The van der Waals surface area contributed by atoms with E-state index in [0.29, 0.717) is 26.1 Å². The molecule has 7 nitrogen and oxygen atoms in total. The average molecular weight is 346 g/mol. The number of aromatic nitrogens is 2. The molecule has 0 saturated carbocycles. The molecule has 0 unspecified atom stereocenters. The van der Waals surface area contributed by atoms with Gasteiger partial charge in [0.25, 0.3) is 0 Å². The standard InChI is InChI=1S/C17H19FN4O3/c1-24-14-4-2-12(3-5-14)8-21-17(23)22-7-6-15(11-22)25-16-19-9-13(18)10-20-16/h2-5,9-10,15H,6-8,11H2,1H3,(H,21,23)/t15-/m0/s1. The van der Waals surface area contributed by atoms with Crippen molar-refractivity contribution in [2.75, 3.05) is 20.2 Å². The summed E-state index contributed by atoms with van der Waals surface area (Å²) in [5.41, 5.74) is 0.987. The van der Waals surface area contributed by atoms with Gasteiger partial charge in [0.15, 0.2) is 5.82 Å². The molecule has 8 heteroatoms. The lowest BCUT2D eigenvalue weighted by Crippen LogP contribution is -2.39. The first-order valence-electron chi connectivity index (χ1n) is 7.94. The second kappa shape index (κ2) is 7.78. The normalized spacial score (nSPS) is 16.6. The van der Waals surface area contributed by atoms with Crippen LogP contribution in [-0.4, -0.2) is 47.2 Å². The van der Waals surface area contributed by atoms with Gasteiger partial charge in [0, 0.05) is 19.5 Å². The fraction of sp³-hybridized carbons (Fsp3) is 0.353. The van der Waals surface area contributed by atoms with Gasteiger partial charge >= 0.3 is 12.0 Å². The van der Waals surface area contributed by atoms with Gasteiger partial charge in [-0.2, -0.15) is 0 Å². The summed E-state index contributed by atoms with van der Waals surface area (Å²) < 4.78 is 23.5. The van der Waals surface area contributed by atoms with Crippen LogP contribution in [0.15, 0.2) is 36.7 Å². The van der Waals surface area contributed by atoms with Gasteiger partial charge in [-0.05, 0) is 17.7 Å². The maximum Gasteiger partial charge on any atom is 0.317 e. The lowest BCUT2D eigenvalue weighted by Gasteiger charge is -2.17. The number of hydrogen-bond donors (Lipinski definition) is 1. The Morgan fingerprint density at radius 3 is 2.72 bits per heavy atom. The van der Waals surface area contributed by atoms with Gasteiger partial charge in [0.2, 0.25) is 0 Å². The quantitative estimate of drug-likeness (QED) is 0.896. The maximum atomic E-state index is 12.8. The molecule has 3 rings (SSSR count). The Labute approximate surface area is 144 Å². The first kappa shape index (κ1) is 16.9.